The second kappa shape index (κ2) is 7.19. The summed E-state index contributed by atoms with van der Waals surface area (Å²) < 4.78 is 1.21. The van der Waals surface area contributed by atoms with Gasteiger partial charge in [-0.15, -0.1) is 0 Å². The van der Waals surface area contributed by atoms with E-state index in [1.807, 2.05) is 30.0 Å². The maximum atomic E-state index is 12.3. The summed E-state index contributed by atoms with van der Waals surface area (Å²) >= 11 is 8.01. The lowest BCUT2D eigenvalue weighted by Gasteiger charge is -2.26. The molecule has 120 valence electrons. The molecule has 0 atom stereocenters. The summed E-state index contributed by atoms with van der Waals surface area (Å²) in [6.45, 7) is 1.41. The van der Waals surface area contributed by atoms with Crippen LogP contribution in [0.3, 0.4) is 0 Å². The number of rotatable bonds is 3. The number of benzene rings is 1. The highest BCUT2D eigenvalue weighted by Gasteiger charge is 2.18. The van der Waals surface area contributed by atoms with Crippen LogP contribution in [0.4, 0.5) is 0 Å². The molecule has 0 N–H and O–H groups in total. The molecule has 0 saturated carbocycles. The Bertz CT molecular complexity index is 772. The zero-order valence-electron chi connectivity index (χ0n) is 12.4. The van der Waals surface area contributed by atoms with Crippen LogP contribution < -0.4 is 5.56 Å². The molecule has 0 spiro atoms. The summed E-state index contributed by atoms with van der Waals surface area (Å²) in [7, 11) is 0. The van der Waals surface area contributed by atoms with Gasteiger partial charge in [0, 0.05) is 36.2 Å². The predicted molar refractivity (Wildman–Crippen MR) is 92.8 cm³/mol. The van der Waals surface area contributed by atoms with E-state index in [0.717, 1.165) is 30.2 Å². The fourth-order valence-electron chi connectivity index (χ4n) is 2.42. The average molecular weight is 350 g/mol. The minimum absolute atomic E-state index is 0.0399. The molecule has 1 aliphatic rings. The molecule has 0 bridgehead atoms. The molecule has 1 amide bonds. The molecule has 2 heterocycles. The first-order valence-corrected chi connectivity index (χ1v) is 8.87. The first-order chi connectivity index (χ1) is 11.1. The summed E-state index contributed by atoms with van der Waals surface area (Å²) in [6, 6.07) is 10.3. The zero-order chi connectivity index (χ0) is 16.2. The molecule has 5 nitrogen and oxygen atoms in total. The van der Waals surface area contributed by atoms with Gasteiger partial charge in [-0.3, -0.25) is 9.59 Å². The van der Waals surface area contributed by atoms with E-state index in [4.69, 9.17) is 11.6 Å². The minimum atomic E-state index is -0.291. The Kier molecular flexibility index (Phi) is 5.03. The maximum Gasteiger partial charge on any atom is 0.267 e. The molecule has 7 heteroatoms. The summed E-state index contributed by atoms with van der Waals surface area (Å²) in [4.78, 5) is 26.1. The van der Waals surface area contributed by atoms with Crippen molar-refractivity contribution in [3.8, 4) is 11.3 Å². The Morgan fingerprint density at radius 1 is 1.17 bits per heavy atom. The molecule has 0 unspecified atom stereocenters. The number of aromatic nitrogens is 2. The molecule has 1 aliphatic heterocycles. The van der Waals surface area contributed by atoms with Crippen molar-refractivity contribution in [1.29, 1.82) is 0 Å². The Morgan fingerprint density at radius 2 is 1.91 bits per heavy atom. The van der Waals surface area contributed by atoms with Crippen molar-refractivity contribution in [3.63, 3.8) is 0 Å². The maximum absolute atomic E-state index is 12.3. The van der Waals surface area contributed by atoms with Gasteiger partial charge in [0.1, 0.15) is 6.54 Å². The van der Waals surface area contributed by atoms with Gasteiger partial charge in [0.2, 0.25) is 5.91 Å². The Balaban J connectivity index is 1.85. The van der Waals surface area contributed by atoms with Crippen LogP contribution in [0.1, 0.15) is 0 Å². The Labute approximate surface area is 143 Å². The second-order valence-electron chi connectivity index (χ2n) is 5.19. The molecule has 23 heavy (non-hydrogen) atoms. The minimum Gasteiger partial charge on any atom is -0.339 e. The second-order valence-corrected chi connectivity index (χ2v) is 6.82. The van der Waals surface area contributed by atoms with Gasteiger partial charge in [-0.25, -0.2) is 4.68 Å². The summed E-state index contributed by atoms with van der Waals surface area (Å²) in [6.07, 6.45) is 0. The SMILES string of the molecule is O=C(Cn1nc(-c2ccccc2Cl)ccc1=O)N1CCSCC1. The van der Waals surface area contributed by atoms with Gasteiger partial charge >= 0.3 is 0 Å². The topological polar surface area (TPSA) is 55.2 Å². The van der Waals surface area contributed by atoms with Gasteiger partial charge in [-0.1, -0.05) is 29.8 Å². The van der Waals surface area contributed by atoms with Gasteiger partial charge in [0.05, 0.1) is 10.7 Å². The summed E-state index contributed by atoms with van der Waals surface area (Å²) in [5, 5.41) is 4.86. The third-order valence-electron chi connectivity index (χ3n) is 3.67. The molecule has 1 fully saturated rings. The molecule has 1 saturated heterocycles. The Hall–Kier alpha value is -1.79. The van der Waals surface area contributed by atoms with Gasteiger partial charge < -0.3 is 4.90 Å². The van der Waals surface area contributed by atoms with Crippen LogP contribution >= 0.6 is 23.4 Å². The van der Waals surface area contributed by atoms with E-state index in [2.05, 4.69) is 5.10 Å². The highest BCUT2D eigenvalue weighted by atomic mass is 35.5. The predicted octanol–water partition coefficient (Wildman–Crippen LogP) is 2.14. The smallest absolute Gasteiger partial charge is 0.267 e. The van der Waals surface area contributed by atoms with E-state index in [1.165, 1.54) is 10.7 Å². The van der Waals surface area contributed by atoms with Crippen molar-refractivity contribution >= 4 is 29.3 Å². The number of carbonyl (C=O) groups is 1. The molecule has 0 radical (unpaired) electrons. The van der Waals surface area contributed by atoms with E-state index in [0.29, 0.717) is 10.7 Å². The number of halogens is 1. The molecule has 1 aromatic carbocycles. The Morgan fingerprint density at radius 3 is 2.65 bits per heavy atom. The standard InChI is InChI=1S/C16H16ClN3O2S/c17-13-4-2-1-3-12(13)14-5-6-15(21)20(18-14)11-16(22)19-7-9-23-10-8-19/h1-6H,7-11H2. The highest BCUT2D eigenvalue weighted by molar-refractivity contribution is 7.99. The lowest BCUT2D eigenvalue weighted by Crippen LogP contribution is -2.41. The molecule has 2 aromatic rings. The molecule has 3 rings (SSSR count). The van der Waals surface area contributed by atoms with Crippen LogP contribution in [0.5, 0.6) is 0 Å². The number of hydrogen-bond donors (Lipinski definition) is 0. The van der Waals surface area contributed by atoms with Crippen molar-refractivity contribution in [3.05, 3.63) is 51.8 Å². The quantitative estimate of drug-likeness (QED) is 0.852. The van der Waals surface area contributed by atoms with Crippen LogP contribution in [-0.4, -0.2) is 45.2 Å². The van der Waals surface area contributed by atoms with Crippen LogP contribution in [0.25, 0.3) is 11.3 Å². The van der Waals surface area contributed by atoms with E-state index >= 15 is 0 Å². The first kappa shape index (κ1) is 16.1. The van der Waals surface area contributed by atoms with E-state index in [1.54, 1.807) is 17.0 Å². The largest absolute Gasteiger partial charge is 0.339 e. The molecular formula is C16H16ClN3O2S. The van der Waals surface area contributed by atoms with Crippen molar-refractivity contribution < 1.29 is 4.79 Å². The van der Waals surface area contributed by atoms with Crippen LogP contribution in [0.2, 0.25) is 5.02 Å². The normalized spacial score (nSPS) is 14.7. The van der Waals surface area contributed by atoms with E-state index < -0.39 is 0 Å². The third kappa shape index (κ3) is 3.76. The van der Waals surface area contributed by atoms with E-state index in [9.17, 15) is 9.59 Å². The average Bonchev–Trinajstić information content (AvgIpc) is 2.58. The van der Waals surface area contributed by atoms with Crippen LogP contribution in [0.15, 0.2) is 41.2 Å². The van der Waals surface area contributed by atoms with Crippen molar-refractivity contribution in [2.45, 2.75) is 6.54 Å². The lowest BCUT2D eigenvalue weighted by molar-refractivity contribution is -0.131. The van der Waals surface area contributed by atoms with Gasteiger partial charge in [0.25, 0.3) is 5.56 Å². The fraction of sp³-hybridized carbons (Fsp3) is 0.312. The molecule has 1 aromatic heterocycles. The van der Waals surface area contributed by atoms with Crippen LogP contribution in [-0.2, 0) is 11.3 Å². The third-order valence-corrected chi connectivity index (χ3v) is 4.94. The molecular weight excluding hydrogens is 334 g/mol. The fourth-order valence-corrected chi connectivity index (χ4v) is 3.55. The number of nitrogens with zero attached hydrogens (tertiary/aromatic N) is 3. The first-order valence-electron chi connectivity index (χ1n) is 7.34. The number of thioether (sulfide) groups is 1. The number of carbonyl (C=O) groups excluding carboxylic acids is 1. The van der Waals surface area contributed by atoms with E-state index in [-0.39, 0.29) is 18.0 Å². The van der Waals surface area contributed by atoms with Gasteiger partial charge in [-0.2, -0.15) is 16.9 Å². The summed E-state index contributed by atoms with van der Waals surface area (Å²) in [5.74, 6) is 1.80. The number of hydrogen-bond acceptors (Lipinski definition) is 4. The number of amides is 1. The van der Waals surface area contributed by atoms with Gasteiger partial charge in [-0.05, 0) is 12.1 Å². The van der Waals surface area contributed by atoms with Gasteiger partial charge in [0.15, 0.2) is 0 Å². The van der Waals surface area contributed by atoms with Crippen molar-refractivity contribution in [2.24, 2.45) is 0 Å². The van der Waals surface area contributed by atoms with Crippen molar-refractivity contribution in [2.75, 3.05) is 24.6 Å². The lowest BCUT2D eigenvalue weighted by atomic mass is 10.1. The van der Waals surface area contributed by atoms with Crippen LogP contribution in [0, 0.1) is 0 Å². The zero-order valence-corrected chi connectivity index (χ0v) is 14.0. The highest BCUT2D eigenvalue weighted by Crippen LogP contribution is 2.24. The molecule has 0 aliphatic carbocycles. The summed E-state index contributed by atoms with van der Waals surface area (Å²) in [5.41, 5.74) is 1.03. The monoisotopic (exact) mass is 349 g/mol. The van der Waals surface area contributed by atoms with Crippen molar-refractivity contribution in [1.82, 2.24) is 14.7 Å².